The molecule has 0 aromatic rings. The van der Waals surface area contributed by atoms with E-state index in [0.29, 0.717) is 18.2 Å². The molecule has 2 atom stereocenters. The summed E-state index contributed by atoms with van der Waals surface area (Å²) in [5.74, 6) is 0.658. The SMILES string of the molecule is C=C[C@@]1(O[Si](CC)(CC)CC)CCC[C@@H]1CC(=O)N1CCCC1. The van der Waals surface area contributed by atoms with E-state index in [1.807, 2.05) is 6.08 Å². The Morgan fingerprint density at radius 1 is 1.22 bits per heavy atom. The zero-order chi connectivity index (χ0) is 16.9. The van der Waals surface area contributed by atoms with Crippen LogP contribution in [-0.2, 0) is 9.22 Å². The van der Waals surface area contributed by atoms with Gasteiger partial charge in [-0.05, 0) is 56.2 Å². The van der Waals surface area contributed by atoms with Crippen LogP contribution in [0.5, 0.6) is 0 Å². The van der Waals surface area contributed by atoms with Gasteiger partial charge >= 0.3 is 0 Å². The van der Waals surface area contributed by atoms with E-state index in [1.165, 1.54) is 0 Å². The van der Waals surface area contributed by atoms with Crippen molar-refractivity contribution in [2.45, 2.75) is 83.0 Å². The average molecular weight is 338 g/mol. The van der Waals surface area contributed by atoms with E-state index < -0.39 is 8.32 Å². The van der Waals surface area contributed by atoms with Crippen LogP contribution in [-0.4, -0.2) is 37.8 Å². The second-order valence-corrected chi connectivity index (χ2v) is 12.1. The van der Waals surface area contributed by atoms with Crippen molar-refractivity contribution in [3.63, 3.8) is 0 Å². The number of likely N-dealkylation sites (tertiary alicyclic amines) is 1. The zero-order valence-electron chi connectivity index (χ0n) is 15.4. The van der Waals surface area contributed by atoms with Gasteiger partial charge in [0, 0.05) is 19.5 Å². The Balaban J connectivity index is 2.11. The third kappa shape index (κ3) is 3.90. The van der Waals surface area contributed by atoms with Crippen molar-refractivity contribution < 1.29 is 9.22 Å². The molecule has 0 unspecified atom stereocenters. The third-order valence-electron chi connectivity index (χ3n) is 6.38. The van der Waals surface area contributed by atoms with E-state index in [1.54, 1.807) is 0 Å². The zero-order valence-corrected chi connectivity index (χ0v) is 16.4. The van der Waals surface area contributed by atoms with Gasteiger partial charge in [0.25, 0.3) is 0 Å². The van der Waals surface area contributed by atoms with E-state index >= 15 is 0 Å². The van der Waals surface area contributed by atoms with Crippen LogP contribution < -0.4 is 0 Å². The molecule has 1 heterocycles. The maximum atomic E-state index is 12.6. The molecule has 1 amide bonds. The highest BCUT2D eigenvalue weighted by Gasteiger charge is 2.47. The van der Waals surface area contributed by atoms with Crippen LogP contribution >= 0.6 is 0 Å². The molecule has 23 heavy (non-hydrogen) atoms. The van der Waals surface area contributed by atoms with Crippen LogP contribution in [0, 0.1) is 5.92 Å². The molecule has 2 fully saturated rings. The molecule has 1 saturated carbocycles. The predicted molar refractivity (Wildman–Crippen MR) is 99.0 cm³/mol. The van der Waals surface area contributed by atoms with Gasteiger partial charge in [-0.25, -0.2) is 0 Å². The Hall–Kier alpha value is -0.613. The average Bonchev–Trinajstić information content (AvgIpc) is 3.24. The molecule has 4 heteroatoms. The Morgan fingerprint density at radius 3 is 2.35 bits per heavy atom. The van der Waals surface area contributed by atoms with E-state index in [0.717, 1.165) is 63.3 Å². The van der Waals surface area contributed by atoms with Crippen molar-refractivity contribution in [2.24, 2.45) is 5.92 Å². The Labute approximate surface area is 143 Å². The molecule has 0 spiro atoms. The van der Waals surface area contributed by atoms with Crippen molar-refractivity contribution in [3.8, 4) is 0 Å². The third-order valence-corrected chi connectivity index (χ3v) is 11.1. The van der Waals surface area contributed by atoms with E-state index in [9.17, 15) is 4.79 Å². The number of hydrogen-bond donors (Lipinski definition) is 0. The molecule has 1 aliphatic heterocycles. The minimum atomic E-state index is -1.70. The smallest absolute Gasteiger partial charge is 0.222 e. The fraction of sp³-hybridized carbons (Fsp3) is 0.842. The minimum Gasteiger partial charge on any atom is -0.408 e. The number of rotatable bonds is 8. The molecule has 0 radical (unpaired) electrons. The molecule has 0 aromatic carbocycles. The highest BCUT2D eigenvalue weighted by atomic mass is 28.4. The molecule has 0 aromatic heterocycles. The lowest BCUT2D eigenvalue weighted by molar-refractivity contribution is -0.132. The summed E-state index contributed by atoms with van der Waals surface area (Å²) >= 11 is 0. The summed E-state index contributed by atoms with van der Waals surface area (Å²) in [5.41, 5.74) is -0.246. The molecular formula is C19H35NO2Si. The van der Waals surface area contributed by atoms with Crippen LogP contribution in [0.4, 0.5) is 0 Å². The van der Waals surface area contributed by atoms with Gasteiger partial charge in [-0.15, -0.1) is 6.58 Å². The second kappa shape index (κ2) is 7.97. The van der Waals surface area contributed by atoms with Crippen molar-refractivity contribution in [3.05, 3.63) is 12.7 Å². The standard InChI is InChI=1S/C19H35NO2Si/c1-5-19(22-23(6-2,7-3)8-4)13-11-12-17(19)16-18(21)20-14-9-10-15-20/h5,17H,1,6-16H2,2-4H3/t17-,19-/m1/s1. The Bertz CT molecular complexity index is 407. The highest BCUT2D eigenvalue weighted by molar-refractivity contribution is 6.73. The molecule has 132 valence electrons. The van der Waals surface area contributed by atoms with Gasteiger partial charge in [0.05, 0.1) is 5.60 Å². The number of carbonyl (C=O) groups excluding carboxylic acids is 1. The molecule has 2 aliphatic rings. The molecular weight excluding hydrogens is 302 g/mol. The molecule has 0 bridgehead atoms. The Kier molecular flexibility index (Phi) is 6.49. The van der Waals surface area contributed by atoms with Gasteiger partial charge in [-0.2, -0.15) is 0 Å². The van der Waals surface area contributed by atoms with Crippen LogP contribution in [0.25, 0.3) is 0 Å². The van der Waals surface area contributed by atoms with Crippen LogP contribution in [0.1, 0.15) is 59.3 Å². The largest absolute Gasteiger partial charge is 0.408 e. The highest BCUT2D eigenvalue weighted by Crippen LogP contribution is 2.45. The normalized spacial score (nSPS) is 28.3. The maximum absolute atomic E-state index is 12.6. The number of nitrogens with zero attached hydrogens (tertiary/aromatic N) is 1. The first-order valence-corrected chi connectivity index (χ1v) is 12.2. The summed E-state index contributed by atoms with van der Waals surface area (Å²) in [5, 5.41) is 0. The lowest BCUT2D eigenvalue weighted by Gasteiger charge is -2.42. The van der Waals surface area contributed by atoms with Crippen molar-refractivity contribution >= 4 is 14.2 Å². The summed E-state index contributed by atoms with van der Waals surface area (Å²) in [6.07, 6.45) is 8.33. The minimum absolute atomic E-state index is 0.246. The topological polar surface area (TPSA) is 29.5 Å². The number of carbonyl (C=O) groups is 1. The van der Waals surface area contributed by atoms with Crippen molar-refractivity contribution in [1.82, 2.24) is 4.90 Å². The van der Waals surface area contributed by atoms with Crippen LogP contribution in [0.15, 0.2) is 12.7 Å². The van der Waals surface area contributed by atoms with Crippen molar-refractivity contribution in [1.29, 1.82) is 0 Å². The van der Waals surface area contributed by atoms with Gasteiger partial charge in [0.1, 0.15) is 0 Å². The van der Waals surface area contributed by atoms with Gasteiger partial charge in [0.2, 0.25) is 5.91 Å². The molecule has 3 nitrogen and oxygen atoms in total. The monoisotopic (exact) mass is 337 g/mol. The lowest BCUT2D eigenvalue weighted by atomic mass is 9.88. The summed E-state index contributed by atoms with van der Waals surface area (Å²) in [6, 6.07) is 3.47. The van der Waals surface area contributed by atoms with Gasteiger partial charge in [0.15, 0.2) is 8.32 Å². The summed E-state index contributed by atoms with van der Waals surface area (Å²) in [6.45, 7) is 12.8. The molecule has 1 saturated heterocycles. The first kappa shape index (κ1) is 18.7. The first-order chi connectivity index (χ1) is 11.0. The van der Waals surface area contributed by atoms with Crippen LogP contribution in [0.2, 0.25) is 18.1 Å². The summed E-state index contributed by atoms with van der Waals surface area (Å²) < 4.78 is 6.91. The maximum Gasteiger partial charge on any atom is 0.222 e. The second-order valence-electron chi connectivity index (χ2n) is 7.39. The van der Waals surface area contributed by atoms with E-state index in [4.69, 9.17) is 4.43 Å². The first-order valence-electron chi connectivity index (χ1n) is 9.66. The number of amides is 1. The fourth-order valence-corrected chi connectivity index (χ4v) is 7.56. The van der Waals surface area contributed by atoms with E-state index in [-0.39, 0.29) is 5.60 Å². The molecule has 2 rings (SSSR count). The lowest BCUT2D eigenvalue weighted by Crippen LogP contribution is -2.49. The summed E-state index contributed by atoms with van der Waals surface area (Å²) in [4.78, 5) is 14.7. The summed E-state index contributed by atoms with van der Waals surface area (Å²) in [7, 11) is -1.70. The Morgan fingerprint density at radius 2 is 1.83 bits per heavy atom. The quantitative estimate of drug-likeness (QED) is 0.473. The van der Waals surface area contributed by atoms with E-state index in [2.05, 4.69) is 32.3 Å². The van der Waals surface area contributed by atoms with Gasteiger partial charge in [-0.3, -0.25) is 4.79 Å². The molecule has 1 aliphatic carbocycles. The van der Waals surface area contributed by atoms with Gasteiger partial charge < -0.3 is 9.33 Å². The van der Waals surface area contributed by atoms with Gasteiger partial charge in [-0.1, -0.05) is 26.8 Å². The predicted octanol–water partition coefficient (Wildman–Crippen LogP) is 4.75. The molecule has 0 N–H and O–H groups in total. The van der Waals surface area contributed by atoms with Crippen molar-refractivity contribution in [2.75, 3.05) is 13.1 Å². The van der Waals surface area contributed by atoms with Crippen LogP contribution in [0.3, 0.4) is 0 Å². The number of hydrogen-bond acceptors (Lipinski definition) is 2. The fourth-order valence-electron chi connectivity index (χ4n) is 4.47.